The zero-order valence-electron chi connectivity index (χ0n) is 18.4. The number of unbranched alkanes of at least 4 members (excludes halogenated alkanes) is 1. The van der Waals surface area contributed by atoms with Gasteiger partial charge in [-0.3, -0.25) is 4.79 Å². The molecule has 4 aromatic carbocycles. The smallest absolute Gasteiger partial charge is 0.255 e. The van der Waals surface area contributed by atoms with Crippen molar-refractivity contribution in [1.29, 1.82) is 0 Å². The lowest BCUT2D eigenvalue weighted by atomic mass is 10.1. The van der Waals surface area contributed by atoms with Crippen LogP contribution in [0, 0.1) is 0 Å². The summed E-state index contributed by atoms with van der Waals surface area (Å²) in [6.45, 7) is 2.76. The van der Waals surface area contributed by atoms with Gasteiger partial charge >= 0.3 is 0 Å². The molecule has 0 saturated carbocycles. The maximum atomic E-state index is 12.8. The summed E-state index contributed by atoms with van der Waals surface area (Å²) in [5.74, 6) is 1.02. The number of carbonyl (C=O) groups is 1. The van der Waals surface area contributed by atoms with E-state index in [1.54, 1.807) is 12.1 Å². The lowest BCUT2D eigenvalue weighted by molar-refractivity contribution is 0.102. The maximum Gasteiger partial charge on any atom is 0.255 e. The molecule has 1 amide bonds. The topological polar surface area (TPSA) is 64.4 Å². The Hall–Kier alpha value is -4.12. The quantitative estimate of drug-likeness (QED) is 0.277. The lowest BCUT2D eigenvalue weighted by Crippen LogP contribution is -2.12. The number of benzene rings is 4. The first-order chi connectivity index (χ1) is 16.2. The summed E-state index contributed by atoms with van der Waals surface area (Å²) < 4.78 is 11.8. The summed E-state index contributed by atoms with van der Waals surface area (Å²) in [5, 5.41) is 5.13. The molecule has 5 aromatic rings. The largest absolute Gasteiger partial charge is 0.494 e. The predicted molar refractivity (Wildman–Crippen MR) is 132 cm³/mol. The number of fused-ring (bicyclic) bond motifs is 3. The van der Waals surface area contributed by atoms with Crippen LogP contribution < -0.4 is 10.1 Å². The molecule has 0 bridgehead atoms. The molecule has 5 rings (SSSR count). The zero-order chi connectivity index (χ0) is 22.6. The summed E-state index contributed by atoms with van der Waals surface area (Å²) in [6.07, 6.45) is 2.04. The summed E-state index contributed by atoms with van der Waals surface area (Å²) in [6, 6.07) is 26.8. The third-order valence-electron chi connectivity index (χ3n) is 5.51. The summed E-state index contributed by atoms with van der Waals surface area (Å²) in [5.41, 5.74) is 3.57. The number of amides is 1. The number of ether oxygens (including phenoxy) is 1. The van der Waals surface area contributed by atoms with Crippen LogP contribution in [0.3, 0.4) is 0 Å². The molecular weight excluding hydrogens is 412 g/mol. The molecule has 5 heteroatoms. The van der Waals surface area contributed by atoms with Gasteiger partial charge in [-0.25, -0.2) is 4.98 Å². The molecule has 1 heterocycles. The highest BCUT2D eigenvalue weighted by Gasteiger charge is 2.13. The maximum absolute atomic E-state index is 12.8. The average molecular weight is 437 g/mol. The van der Waals surface area contributed by atoms with Gasteiger partial charge in [0.05, 0.1) is 6.61 Å². The van der Waals surface area contributed by atoms with Crippen LogP contribution in [0.1, 0.15) is 30.1 Å². The number of aromatic nitrogens is 1. The van der Waals surface area contributed by atoms with Crippen molar-refractivity contribution in [2.24, 2.45) is 0 Å². The van der Waals surface area contributed by atoms with Crippen molar-refractivity contribution in [2.75, 3.05) is 11.9 Å². The lowest BCUT2D eigenvalue weighted by Gasteiger charge is -2.09. The minimum absolute atomic E-state index is 0.198. The van der Waals surface area contributed by atoms with Gasteiger partial charge in [0.15, 0.2) is 5.58 Å². The minimum atomic E-state index is -0.198. The molecule has 0 unspecified atom stereocenters. The number of carbonyl (C=O) groups excluding carboxylic acids is 1. The van der Waals surface area contributed by atoms with E-state index in [-0.39, 0.29) is 5.91 Å². The number of anilines is 1. The van der Waals surface area contributed by atoms with Crippen LogP contribution >= 0.6 is 0 Å². The fraction of sp³-hybridized carbons (Fsp3) is 0.143. The van der Waals surface area contributed by atoms with Gasteiger partial charge in [0.25, 0.3) is 5.91 Å². The summed E-state index contributed by atoms with van der Waals surface area (Å²) >= 11 is 0. The fourth-order valence-electron chi connectivity index (χ4n) is 3.78. The molecule has 0 aliphatic rings. The zero-order valence-corrected chi connectivity index (χ0v) is 18.4. The van der Waals surface area contributed by atoms with Crippen LogP contribution in [0.2, 0.25) is 0 Å². The molecule has 0 atom stereocenters. The Labute approximate surface area is 192 Å². The summed E-state index contributed by atoms with van der Waals surface area (Å²) in [4.78, 5) is 17.6. The molecular formula is C28H24N2O3. The predicted octanol–water partition coefficient (Wildman–Crippen LogP) is 7.08. The molecule has 0 radical (unpaired) electrons. The SMILES string of the molecule is CCCCOc1cccc(C(=O)Nc2cccc(-c3nc4c(ccc5ccccc54)o3)c2)c1. The van der Waals surface area contributed by atoms with Crippen LogP contribution in [0.25, 0.3) is 33.3 Å². The molecule has 1 aromatic heterocycles. The Morgan fingerprint density at radius 2 is 1.85 bits per heavy atom. The number of rotatable bonds is 7. The van der Waals surface area contributed by atoms with Crippen molar-refractivity contribution in [3.63, 3.8) is 0 Å². The Bertz CT molecular complexity index is 1440. The third-order valence-corrected chi connectivity index (χ3v) is 5.51. The molecule has 0 aliphatic carbocycles. The molecule has 0 aliphatic heterocycles. The van der Waals surface area contributed by atoms with Gasteiger partial charge in [-0.05, 0) is 54.3 Å². The molecule has 5 nitrogen and oxygen atoms in total. The van der Waals surface area contributed by atoms with Gasteiger partial charge in [-0.1, -0.05) is 55.8 Å². The Kier molecular flexibility index (Phi) is 5.77. The van der Waals surface area contributed by atoms with Crippen molar-refractivity contribution >= 4 is 33.5 Å². The van der Waals surface area contributed by atoms with E-state index < -0.39 is 0 Å². The third kappa shape index (κ3) is 4.44. The first kappa shape index (κ1) is 20.8. The van der Waals surface area contributed by atoms with Gasteiger partial charge < -0.3 is 14.5 Å². The number of nitrogens with zero attached hydrogens (tertiary/aromatic N) is 1. The van der Waals surface area contributed by atoms with E-state index in [0.717, 1.165) is 40.3 Å². The van der Waals surface area contributed by atoms with Crippen molar-refractivity contribution in [2.45, 2.75) is 19.8 Å². The van der Waals surface area contributed by atoms with Crippen molar-refractivity contribution in [1.82, 2.24) is 4.98 Å². The monoisotopic (exact) mass is 436 g/mol. The molecule has 0 spiro atoms. The Balaban J connectivity index is 1.38. The standard InChI is InChI=1S/C28H24N2O3/c1-2-3-16-32-23-12-7-9-20(18-23)27(31)29-22-11-6-10-21(17-22)28-30-26-24-13-5-4-8-19(24)14-15-25(26)33-28/h4-15,17-18H,2-3,16H2,1H3,(H,29,31). The van der Waals surface area contributed by atoms with E-state index in [0.29, 0.717) is 29.5 Å². The van der Waals surface area contributed by atoms with E-state index in [1.807, 2.05) is 66.7 Å². The highest BCUT2D eigenvalue weighted by molar-refractivity contribution is 6.05. The van der Waals surface area contributed by atoms with E-state index in [9.17, 15) is 4.79 Å². The number of hydrogen-bond donors (Lipinski definition) is 1. The highest BCUT2D eigenvalue weighted by Crippen LogP contribution is 2.30. The number of hydrogen-bond acceptors (Lipinski definition) is 4. The van der Waals surface area contributed by atoms with Crippen LogP contribution in [-0.4, -0.2) is 17.5 Å². The van der Waals surface area contributed by atoms with Gasteiger partial charge in [0.1, 0.15) is 11.3 Å². The summed E-state index contributed by atoms with van der Waals surface area (Å²) in [7, 11) is 0. The average Bonchev–Trinajstić information content (AvgIpc) is 3.30. The van der Waals surface area contributed by atoms with Gasteiger partial charge in [-0.2, -0.15) is 0 Å². The number of nitrogens with one attached hydrogen (secondary N) is 1. The van der Waals surface area contributed by atoms with E-state index >= 15 is 0 Å². The van der Waals surface area contributed by atoms with Gasteiger partial charge in [0.2, 0.25) is 5.89 Å². The van der Waals surface area contributed by atoms with Crippen molar-refractivity contribution in [3.05, 3.63) is 90.5 Å². The first-order valence-electron chi connectivity index (χ1n) is 11.1. The normalized spacial score (nSPS) is 11.1. The van der Waals surface area contributed by atoms with E-state index in [1.165, 1.54) is 0 Å². The van der Waals surface area contributed by atoms with Crippen LogP contribution in [-0.2, 0) is 0 Å². The van der Waals surface area contributed by atoms with Crippen molar-refractivity contribution < 1.29 is 13.9 Å². The Morgan fingerprint density at radius 1 is 0.970 bits per heavy atom. The van der Waals surface area contributed by atoms with E-state index in [2.05, 4.69) is 18.3 Å². The molecule has 33 heavy (non-hydrogen) atoms. The van der Waals surface area contributed by atoms with Crippen LogP contribution in [0.5, 0.6) is 5.75 Å². The second-order valence-electron chi connectivity index (χ2n) is 7.92. The first-order valence-corrected chi connectivity index (χ1v) is 11.1. The van der Waals surface area contributed by atoms with Crippen LogP contribution in [0.15, 0.2) is 89.3 Å². The second kappa shape index (κ2) is 9.17. The van der Waals surface area contributed by atoms with E-state index in [4.69, 9.17) is 14.1 Å². The highest BCUT2D eigenvalue weighted by atomic mass is 16.5. The van der Waals surface area contributed by atoms with Crippen LogP contribution in [0.4, 0.5) is 5.69 Å². The fourth-order valence-corrected chi connectivity index (χ4v) is 3.78. The molecule has 164 valence electrons. The second-order valence-corrected chi connectivity index (χ2v) is 7.92. The number of oxazole rings is 1. The minimum Gasteiger partial charge on any atom is -0.494 e. The van der Waals surface area contributed by atoms with Gasteiger partial charge in [0, 0.05) is 22.2 Å². The molecule has 1 N–H and O–H groups in total. The Morgan fingerprint density at radius 3 is 2.76 bits per heavy atom. The van der Waals surface area contributed by atoms with Gasteiger partial charge in [-0.15, -0.1) is 0 Å². The molecule has 0 saturated heterocycles. The molecule has 0 fully saturated rings. The van der Waals surface area contributed by atoms with Crippen molar-refractivity contribution in [3.8, 4) is 17.2 Å².